The normalized spacial score (nSPS) is 12.5. The van der Waals surface area contributed by atoms with Gasteiger partial charge in [-0.2, -0.15) is 0 Å². The largest absolute Gasteiger partial charge is 0.466 e. The third-order valence-corrected chi connectivity index (χ3v) is 7.02. The Morgan fingerprint density at radius 1 is 1.12 bits per heavy atom. The molecule has 1 atom stereocenters. The molecule has 0 spiro atoms. The molecule has 0 saturated carbocycles. The molecule has 0 N–H and O–H groups in total. The van der Waals surface area contributed by atoms with Crippen molar-refractivity contribution in [2.24, 2.45) is 0 Å². The predicted molar refractivity (Wildman–Crippen MR) is 132 cm³/mol. The van der Waals surface area contributed by atoms with E-state index in [2.05, 4.69) is 43.5 Å². The summed E-state index contributed by atoms with van der Waals surface area (Å²) >= 11 is 1.71. The highest BCUT2D eigenvalue weighted by Crippen LogP contribution is 2.31. The fourth-order valence-electron chi connectivity index (χ4n) is 4.60. The first kappa shape index (κ1) is 22.3. The van der Waals surface area contributed by atoms with Gasteiger partial charge in [0.25, 0.3) is 0 Å². The van der Waals surface area contributed by atoms with Crippen molar-refractivity contribution in [3.63, 3.8) is 0 Å². The van der Waals surface area contributed by atoms with Crippen LogP contribution in [-0.2, 0) is 16.1 Å². The van der Waals surface area contributed by atoms with Crippen LogP contribution in [0.3, 0.4) is 0 Å². The maximum Gasteiger partial charge on any atom is 0.329 e. The van der Waals surface area contributed by atoms with Crippen LogP contribution in [0.15, 0.2) is 46.6 Å². The van der Waals surface area contributed by atoms with Crippen molar-refractivity contribution < 1.29 is 9.53 Å². The van der Waals surface area contributed by atoms with E-state index in [0.29, 0.717) is 13.2 Å². The van der Waals surface area contributed by atoms with E-state index in [1.54, 1.807) is 18.3 Å². The number of rotatable bonds is 8. The summed E-state index contributed by atoms with van der Waals surface area (Å²) in [4.78, 5) is 26.1. The first-order chi connectivity index (χ1) is 15.4. The molecule has 32 heavy (non-hydrogen) atoms. The Labute approximate surface area is 192 Å². The molecule has 4 aromatic rings. The minimum absolute atomic E-state index is 0.0683. The number of imidazole rings is 1. The number of aromatic nitrogens is 2. The average molecular weight is 451 g/mol. The van der Waals surface area contributed by atoms with E-state index in [1.807, 2.05) is 28.2 Å². The van der Waals surface area contributed by atoms with E-state index in [-0.39, 0.29) is 24.1 Å². The maximum atomic E-state index is 13.8. The second-order valence-corrected chi connectivity index (χ2v) is 9.30. The molecule has 1 unspecified atom stereocenters. The first-order valence-corrected chi connectivity index (χ1v) is 12.1. The number of fused-ring (bicyclic) bond motifs is 2. The molecule has 0 bridgehead atoms. The van der Waals surface area contributed by atoms with Crippen LogP contribution in [0.5, 0.6) is 0 Å². The Kier molecular flexibility index (Phi) is 6.51. The summed E-state index contributed by atoms with van der Waals surface area (Å²) in [5.41, 5.74) is 5.18. The number of hydrogen-bond acceptors (Lipinski definition) is 4. The first-order valence-electron chi connectivity index (χ1n) is 11.3. The molecule has 0 amide bonds. The number of carbonyl (C=O) groups is 1. The van der Waals surface area contributed by atoms with Crippen LogP contribution in [-0.4, -0.2) is 21.7 Å². The van der Waals surface area contributed by atoms with Gasteiger partial charge < -0.3 is 4.74 Å². The van der Waals surface area contributed by atoms with Gasteiger partial charge in [-0.05, 0) is 67.5 Å². The van der Waals surface area contributed by atoms with Crippen LogP contribution >= 0.6 is 11.3 Å². The van der Waals surface area contributed by atoms with Crippen LogP contribution in [0.2, 0.25) is 0 Å². The summed E-state index contributed by atoms with van der Waals surface area (Å²) in [6.07, 6.45) is 1.82. The lowest BCUT2D eigenvalue weighted by atomic mass is 10.1. The van der Waals surface area contributed by atoms with E-state index in [9.17, 15) is 9.59 Å². The minimum atomic E-state index is -0.258. The molecule has 2 aromatic carbocycles. The summed E-state index contributed by atoms with van der Waals surface area (Å²) in [6, 6.07) is 12.2. The standard InChI is InChI=1S/C26H30N2O3S/c1-5-8-20(14-24(29)31-6-2)28-22-13-17(3)11-12-21(22)27(26(28)30)15-19-16-32-23-10-7-9-18(4)25(19)23/h7,9-13,16,20H,5-6,8,14-15H2,1-4H3. The van der Waals surface area contributed by atoms with Crippen LogP contribution < -0.4 is 5.69 Å². The Morgan fingerprint density at radius 2 is 1.94 bits per heavy atom. The topological polar surface area (TPSA) is 53.2 Å². The molecule has 0 radical (unpaired) electrons. The Morgan fingerprint density at radius 3 is 2.69 bits per heavy atom. The van der Waals surface area contributed by atoms with Crippen molar-refractivity contribution >= 4 is 38.4 Å². The Hall–Kier alpha value is -2.86. The lowest BCUT2D eigenvalue weighted by molar-refractivity contribution is -0.144. The molecule has 0 aliphatic heterocycles. The number of carbonyl (C=O) groups excluding carboxylic acids is 1. The van der Waals surface area contributed by atoms with E-state index in [4.69, 9.17) is 4.74 Å². The van der Waals surface area contributed by atoms with Crippen molar-refractivity contribution in [1.82, 2.24) is 9.13 Å². The van der Waals surface area contributed by atoms with Crippen molar-refractivity contribution in [2.45, 2.75) is 59.5 Å². The van der Waals surface area contributed by atoms with Crippen LogP contribution in [0.1, 0.15) is 55.8 Å². The number of ether oxygens (including phenoxy) is 1. The molecule has 6 heteroatoms. The van der Waals surface area contributed by atoms with Gasteiger partial charge in [0, 0.05) is 16.1 Å². The highest BCUT2D eigenvalue weighted by atomic mass is 32.1. The lowest BCUT2D eigenvalue weighted by Crippen LogP contribution is -2.29. The van der Waals surface area contributed by atoms with Gasteiger partial charge in [-0.15, -0.1) is 11.3 Å². The Bertz CT molecular complexity index is 1330. The van der Waals surface area contributed by atoms with Crippen molar-refractivity contribution in [3.05, 3.63) is 69.0 Å². The number of benzene rings is 2. The zero-order valence-corrected chi connectivity index (χ0v) is 20.0. The summed E-state index contributed by atoms with van der Waals surface area (Å²) in [5.74, 6) is -0.258. The zero-order valence-electron chi connectivity index (χ0n) is 19.2. The van der Waals surface area contributed by atoms with Crippen molar-refractivity contribution in [1.29, 1.82) is 0 Å². The van der Waals surface area contributed by atoms with E-state index in [0.717, 1.165) is 35.0 Å². The molecule has 0 aliphatic carbocycles. The van der Waals surface area contributed by atoms with Gasteiger partial charge in [0.15, 0.2) is 0 Å². The van der Waals surface area contributed by atoms with Crippen molar-refractivity contribution in [3.8, 4) is 0 Å². The third-order valence-electron chi connectivity index (χ3n) is 6.03. The molecule has 4 rings (SSSR count). The van der Waals surface area contributed by atoms with Crippen LogP contribution in [0.25, 0.3) is 21.1 Å². The quantitative estimate of drug-likeness (QED) is 0.310. The molecule has 5 nitrogen and oxygen atoms in total. The van der Waals surface area contributed by atoms with Gasteiger partial charge in [-0.1, -0.05) is 31.5 Å². The summed E-state index contributed by atoms with van der Waals surface area (Å²) in [6.45, 7) is 8.88. The molecule has 168 valence electrons. The fourth-order valence-corrected chi connectivity index (χ4v) is 5.62. The number of hydrogen-bond donors (Lipinski definition) is 0. The molecule has 0 saturated heterocycles. The number of aryl methyl sites for hydroxylation is 2. The molecular formula is C26H30N2O3S. The lowest BCUT2D eigenvalue weighted by Gasteiger charge is -2.17. The maximum absolute atomic E-state index is 13.8. The third kappa shape index (κ3) is 4.11. The molecular weight excluding hydrogens is 420 g/mol. The van der Waals surface area contributed by atoms with Gasteiger partial charge in [0.1, 0.15) is 0 Å². The molecule has 0 fully saturated rings. The summed E-state index contributed by atoms with van der Waals surface area (Å²) < 4.78 is 10.1. The molecule has 2 heterocycles. The number of nitrogens with zero attached hydrogens (tertiary/aromatic N) is 2. The second kappa shape index (κ2) is 9.33. The van der Waals surface area contributed by atoms with Gasteiger partial charge >= 0.3 is 11.7 Å². The highest BCUT2D eigenvalue weighted by molar-refractivity contribution is 7.17. The highest BCUT2D eigenvalue weighted by Gasteiger charge is 2.23. The van der Waals surface area contributed by atoms with Gasteiger partial charge in [-0.3, -0.25) is 13.9 Å². The summed E-state index contributed by atoms with van der Waals surface area (Å²) in [5, 5.41) is 3.39. The predicted octanol–water partition coefficient (Wildman–Crippen LogP) is 5.98. The van der Waals surface area contributed by atoms with Gasteiger partial charge in [-0.25, -0.2) is 4.79 Å². The average Bonchev–Trinajstić information content (AvgIpc) is 3.28. The monoisotopic (exact) mass is 450 g/mol. The Balaban J connectivity index is 1.86. The van der Waals surface area contributed by atoms with Gasteiger partial charge in [0.2, 0.25) is 0 Å². The summed E-state index contributed by atoms with van der Waals surface area (Å²) in [7, 11) is 0. The van der Waals surface area contributed by atoms with E-state index < -0.39 is 0 Å². The fraction of sp³-hybridized carbons (Fsp3) is 0.385. The minimum Gasteiger partial charge on any atom is -0.466 e. The molecule has 0 aliphatic rings. The smallest absolute Gasteiger partial charge is 0.329 e. The van der Waals surface area contributed by atoms with Crippen LogP contribution in [0.4, 0.5) is 0 Å². The van der Waals surface area contributed by atoms with Crippen molar-refractivity contribution in [2.75, 3.05) is 6.61 Å². The number of thiophene rings is 1. The second-order valence-electron chi connectivity index (χ2n) is 8.39. The number of esters is 1. The van der Waals surface area contributed by atoms with Crippen LogP contribution in [0, 0.1) is 13.8 Å². The zero-order chi connectivity index (χ0) is 22.8. The van der Waals surface area contributed by atoms with E-state index >= 15 is 0 Å². The van der Waals surface area contributed by atoms with E-state index in [1.165, 1.54) is 15.6 Å². The molecule has 2 aromatic heterocycles. The van der Waals surface area contributed by atoms with Gasteiger partial charge in [0.05, 0.1) is 30.6 Å². The SMILES string of the molecule is CCCC(CC(=O)OCC)n1c(=O)n(Cc2csc3cccc(C)c23)c2ccc(C)cc21.